The van der Waals surface area contributed by atoms with Gasteiger partial charge in [-0.25, -0.2) is 0 Å². The standard InChI is InChI=1S/C15H22OS/c1-11-6-12(2)8-13(7-11)9-17-10-14(16)15(3,4)5/h6-8H,9-10H2,1-5H3. The molecule has 0 saturated carbocycles. The number of carbonyl (C=O) groups excluding carboxylic acids is 1. The van der Waals surface area contributed by atoms with Gasteiger partial charge in [-0.2, -0.15) is 0 Å². The summed E-state index contributed by atoms with van der Waals surface area (Å²) in [4.78, 5) is 11.8. The number of aryl methyl sites for hydroxylation is 2. The summed E-state index contributed by atoms with van der Waals surface area (Å²) in [6.45, 7) is 10.2. The van der Waals surface area contributed by atoms with Gasteiger partial charge in [0.25, 0.3) is 0 Å². The molecule has 1 aromatic rings. The summed E-state index contributed by atoms with van der Waals surface area (Å²) >= 11 is 1.71. The minimum atomic E-state index is -0.213. The van der Waals surface area contributed by atoms with Gasteiger partial charge in [0.1, 0.15) is 5.78 Å². The molecule has 0 radical (unpaired) electrons. The van der Waals surface area contributed by atoms with E-state index >= 15 is 0 Å². The summed E-state index contributed by atoms with van der Waals surface area (Å²) in [5.41, 5.74) is 3.69. The van der Waals surface area contributed by atoms with Gasteiger partial charge in [0.2, 0.25) is 0 Å². The van der Waals surface area contributed by atoms with E-state index in [-0.39, 0.29) is 5.41 Å². The number of rotatable bonds is 4. The molecule has 0 spiro atoms. The molecule has 0 unspecified atom stereocenters. The van der Waals surface area contributed by atoms with Crippen LogP contribution in [-0.4, -0.2) is 11.5 Å². The Morgan fingerprint density at radius 3 is 2.12 bits per heavy atom. The molecule has 2 heteroatoms. The Morgan fingerprint density at radius 1 is 1.12 bits per heavy atom. The average Bonchev–Trinajstić information content (AvgIpc) is 2.14. The van der Waals surface area contributed by atoms with Gasteiger partial charge in [-0.1, -0.05) is 50.1 Å². The molecule has 0 aliphatic carbocycles. The summed E-state index contributed by atoms with van der Waals surface area (Å²) in [6.07, 6.45) is 0. The zero-order valence-electron chi connectivity index (χ0n) is 11.5. The van der Waals surface area contributed by atoms with Crippen molar-refractivity contribution in [3.05, 3.63) is 34.9 Å². The first-order valence-corrected chi connectivity index (χ1v) is 7.13. The smallest absolute Gasteiger partial charge is 0.148 e. The molecule has 17 heavy (non-hydrogen) atoms. The highest BCUT2D eigenvalue weighted by molar-refractivity contribution is 7.99. The fraction of sp³-hybridized carbons (Fsp3) is 0.533. The van der Waals surface area contributed by atoms with Crippen LogP contribution in [0.15, 0.2) is 18.2 Å². The van der Waals surface area contributed by atoms with Gasteiger partial charge >= 0.3 is 0 Å². The van der Waals surface area contributed by atoms with E-state index in [1.807, 2.05) is 20.8 Å². The summed E-state index contributed by atoms with van der Waals surface area (Å²) in [5, 5.41) is 0. The molecular formula is C15H22OS. The van der Waals surface area contributed by atoms with Crippen molar-refractivity contribution in [3.63, 3.8) is 0 Å². The number of thioether (sulfide) groups is 1. The van der Waals surface area contributed by atoms with Crippen LogP contribution in [0.1, 0.15) is 37.5 Å². The number of carbonyl (C=O) groups is 1. The lowest BCUT2D eigenvalue weighted by molar-refractivity contribution is -0.123. The third-order valence-electron chi connectivity index (χ3n) is 2.62. The number of benzene rings is 1. The van der Waals surface area contributed by atoms with E-state index in [0.717, 1.165) is 5.75 Å². The van der Waals surface area contributed by atoms with Gasteiger partial charge in [-0.15, -0.1) is 11.8 Å². The maximum absolute atomic E-state index is 11.8. The Bertz CT molecular complexity index is 382. The van der Waals surface area contributed by atoms with Crippen LogP contribution >= 0.6 is 11.8 Å². The van der Waals surface area contributed by atoms with Crippen LogP contribution < -0.4 is 0 Å². The third-order valence-corrected chi connectivity index (χ3v) is 3.62. The molecule has 0 bridgehead atoms. The van der Waals surface area contributed by atoms with E-state index in [1.165, 1.54) is 16.7 Å². The van der Waals surface area contributed by atoms with E-state index in [1.54, 1.807) is 11.8 Å². The highest BCUT2D eigenvalue weighted by Crippen LogP contribution is 2.21. The average molecular weight is 250 g/mol. The molecule has 1 aromatic carbocycles. The Hall–Kier alpha value is -0.760. The first-order valence-electron chi connectivity index (χ1n) is 5.97. The number of hydrogen-bond acceptors (Lipinski definition) is 2. The quantitative estimate of drug-likeness (QED) is 0.798. The highest BCUT2D eigenvalue weighted by atomic mass is 32.2. The lowest BCUT2D eigenvalue weighted by Gasteiger charge is -2.16. The van der Waals surface area contributed by atoms with Crippen LogP contribution in [0.5, 0.6) is 0 Å². The largest absolute Gasteiger partial charge is 0.298 e. The molecule has 0 fully saturated rings. The lowest BCUT2D eigenvalue weighted by atomic mass is 9.92. The van der Waals surface area contributed by atoms with Crippen LogP contribution in [0.25, 0.3) is 0 Å². The monoisotopic (exact) mass is 250 g/mol. The van der Waals surface area contributed by atoms with Crippen LogP contribution in [0.2, 0.25) is 0 Å². The highest BCUT2D eigenvalue weighted by Gasteiger charge is 2.20. The van der Waals surface area contributed by atoms with Crippen molar-refractivity contribution < 1.29 is 4.79 Å². The third kappa shape index (κ3) is 4.95. The van der Waals surface area contributed by atoms with Crippen LogP contribution in [0, 0.1) is 19.3 Å². The van der Waals surface area contributed by atoms with Crippen molar-refractivity contribution in [1.29, 1.82) is 0 Å². The fourth-order valence-corrected chi connectivity index (χ4v) is 2.75. The maximum atomic E-state index is 11.8. The molecule has 0 amide bonds. The van der Waals surface area contributed by atoms with Crippen LogP contribution in [0.4, 0.5) is 0 Å². The molecule has 0 atom stereocenters. The Kier molecular flexibility index (Phi) is 4.81. The Labute approximate surface area is 109 Å². The van der Waals surface area contributed by atoms with E-state index in [0.29, 0.717) is 11.5 Å². The van der Waals surface area contributed by atoms with Gasteiger partial charge < -0.3 is 0 Å². The summed E-state index contributed by atoms with van der Waals surface area (Å²) < 4.78 is 0. The molecule has 0 saturated heterocycles. The predicted octanol–water partition coefficient (Wildman–Crippen LogP) is 4.15. The lowest BCUT2D eigenvalue weighted by Crippen LogP contribution is -2.22. The second kappa shape index (κ2) is 5.72. The number of ketones is 1. The Balaban J connectivity index is 2.49. The van der Waals surface area contributed by atoms with Gasteiger partial charge in [0, 0.05) is 11.2 Å². The maximum Gasteiger partial charge on any atom is 0.148 e. The van der Waals surface area contributed by atoms with Gasteiger partial charge in [0.15, 0.2) is 0 Å². The molecule has 0 aromatic heterocycles. The van der Waals surface area contributed by atoms with E-state index < -0.39 is 0 Å². The molecular weight excluding hydrogens is 228 g/mol. The van der Waals surface area contributed by atoms with E-state index in [4.69, 9.17) is 0 Å². The number of hydrogen-bond donors (Lipinski definition) is 0. The van der Waals surface area contributed by atoms with Gasteiger partial charge in [0.05, 0.1) is 5.75 Å². The normalized spacial score (nSPS) is 11.6. The molecule has 0 N–H and O–H groups in total. The van der Waals surface area contributed by atoms with Crippen molar-refractivity contribution in [1.82, 2.24) is 0 Å². The van der Waals surface area contributed by atoms with Gasteiger partial charge in [-0.3, -0.25) is 4.79 Å². The second-order valence-corrected chi connectivity index (χ2v) is 6.65. The predicted molar refractivity (Wildman–Crippen MR) is 76.5 cm³/mol. The summed E-state index contributed by atoms with van der Waals surface area (Å²) in [7, 11) is 0. The zero-order valence-corrected chi connectivity index (χ0v) is 12.3. The topological polar surface area (TPSA) is 17.1 Å². The minimum Gasteiger partial charge on any atom is -0.298 e. The molecule has 1 rings (SSSR count). The summed E-state index contributed by atoms with van der Waals surface area (Å²) in [5.74, 6) is 1.85. The van der Waals surface area contributed by atoms with Crippen molar-refractivity contribution in [2.24, 2.45) is 5.41 Å². The minimum absolute atomic E-state index is 0.213. The van der Waals surface area contributed by atoms with Crippen LogP contribution in [0.3, 0.4) is 0 Å². The number of Topliss-reactive ketones (excluding diaryl/α,β-unsaturated/α-hetero) is 1. The van der Waals surface area contributed by atoms with Crippen molar-refractivity contribution in [2.45, 2.75) is 40.4 Å². The van der Waals surface area contributed by atoms with Crippen molar-refractivity contribution >= 4 is 17.5 Å². The molecule has 94 valence electrons. The second-order valence-electron chi connectivity index (χ2n) is 5.66. The SMILES string of the molecule is Cc1cc(C)cc(CSCC(=O)C(C)(C)C)c1. The zero-order chi connectivity index (χ0) is 13.1. The molecule has 0 heterocycles. The summed E-state index contributed by atoms with van der Waals surface area (Å²) in [6, 6.07) is 6.57. The molecule has 0 aliphatic rings. The van der Waals surface area contributed by atoms with E-state index in [2.05, 4.69) is 32.0 Å². The molecule has 0 aliphatic heterocycles. The van der Waals surface area contributed by atoms with Crippen molar-refractivity contribution in [3.8, 4) is 0 Å². The van der Waals surface area contributed by atoms with Gasteiger partial charge in [-0.05, 0) is 19.4 Å². The Morgan fingerprint density at radius 2 is 1.65 bits per heavy atom. The van der Waals surface area contributed by atoms with E-state index in [9.17, 15) is 4.79 Å². The first-order chi connectivity index (χ1) is 7.79. The van der Waals surface area contributed by atoms with Crippen LogP contribution in [-0.2, 0) is 10.5 Å². The fourth-order valence-electron chi connectivity index (χ4n) is 1.63. The first kappa shape index (κ1) is 14.3. The molecule has 1 nitrogen and oxygen atoms in total. The van der Waals surface area contributed by atoms with Crippen molar-refractivity contribution in [2.75, 3.05) is 5.75 Å².